The van der Waals surface area contributed by atoms with Crippen LogP contribution in [0, 0.1) is 25.6 Å². The first-order chi connectivity index (χ1) is 8.27. The summed E-state index contributed by atoms with van der Waals surface area (Å²) in [6.07, 6.45) is 0. The molecule has 0 spiro atoms. The molecule has 1 rings (SSSR count). The molecule has 1 aromatic rings. The predicted octanol–water partition coefficient (Wildman–Crippen LogP) is 2.75. The number of sulfonamides is 1. The number of aryl methyl sites for hydroxylation is 2. The van der Waals surface area contributed by atoms with Crippen LogP contribution < -0.4 is 4.72 Å². The Hall–Kier alpha value is -0.460. The molecular formula is C12H17BrFNO2S. The Kier molecular flexibility index (Phi) is 5.31. The highest BCUT2D eigenvalue weighted by atomic mass is 79.9. The average Bonchev–Trinajstić information content (AvgIpc) is 2.24. The Labute approximate surface area is 116 Å². The largest absolute Gasteiger partial charge is 0.241 e. The quantitative estimate of drug-likeness (QED) is 0.839. The Bertz CT molecular complexity index is 508. The van der Waals surface area contributed by atoms with Crippen molar-refractivity contribution in [2.75, 3.05) is 11.9 Å². The molecule has 6 heteroatoms. The maximum Gasteiger partial charge on any atom is 0.241 e. The van der Waals surface area contributed by atoms with Gasteiger partial charge < -0.3 is 0 Å². The predicted molar refractivity (Wildman–Crippen MR) is 74.0 cm³/mol. The standard InChI is InChI=1S/C12H17BrFNO2S/c1-8(6-13)7-15-18(16,17)12-9(2)4-11(14)5-10(12)3/h4-5,8,15H,6-7H2,1-3H3. The van der Waals surface area contributed by atoms with E-state index in [1.807, 2.05) is 6.92 Å². The van der Waals surface area contributed by atoms with Crippen LogP contribution in [0.5, 0.6) is 0 Å². The van der Waals surface area contributed by atoms with Crippen LogP contribution in [0.15, 0.2) is 17.0 Å². The van der Waals surface area contributed by atoms with Crippen molar-refractivity contribution >= 4 is 26.0 Å². The Morgan fingerprint density at radius 1 is 1.33 bits per heavy atom. The molecule has 0 aliphatic heterocycles. The summed E-state index contributed by atoms with van der Waals surface area (Å²) in [7, 11) is -3.58. The van der Waals surface area contributed by atoms with Crippen LogP contribution in [0.2, 0.25) is 0 Å². The normalized spacial score (nSPS) is 13.6. The summed E-state index contributed by atoms with van der Waals surface area (Å²) in [5.74, 6) is -0.224. The third-order valence-electron chi connectivity index (χ3n) is 2.58. The molecule has 18 heavy (non-hydrogen) atoms. The van der Waals surface area contributed by atoms with Crippen LogP contribution >= 0.6 is 15.9 Å². The minimum Gasteiger partial charge on any atom is -0.211 e. The molecule has 1 unspecified atom stereocenters. The van der Waals surface area contributed by atoms with Crippen molar-refractivity contribution in [3.8, 4) is 0 Å². The molecule has 0 heterocycles. The van der Waals surface area contributed by atoms with Crippen molar-refractivity contribution in [3.63, 3.8) is 0 Å². The van der Waals surface area contributed by atoms with Gasteiger partial charge in [-0.1, -0.05) is 22.9 Å². The molecular weight excluding hydrogens is 321 g/mol. The number of nitrogens with one attached hydrogen (secondary N) is 1. The summed E-state index contributed by atoms with van der Waals surface area (Å²) in [4.78, 5) is 0.172. The maximum absolute atomic E-state index is 13.1. The van der Waals surface area contributed by atoms with Crippen molar-refractivity contribution in [2.24, 2.45) is 5.92 Å². The lowest BCUT2D eigenvalue weighted by molar-refractivity contribution is 0.561. The average molecular weight is 338 g/mol. The third-order valence-corrected chi connectivity index (χ3v) is 5.41. The van der Waals surface area contributed by atoms with Gasteiger partial charge in [-0.25, -0.2) is 17.5 Å². The van der Waals surface area contributed by atoms with E-state index in [0.29, 0.717) is 17.7 Å². The Morgan fingerprint density at radius 3 is 2.28 bits per heavy atom. The summed E-state index contributed by atoms with van der Waals surface area (Å²) in [5.41, 5.74) is 0.845. The van der Waals surface area contributed by atoms with Gasteiger partial charge in [-0.3, -0.25) is 0 Å². The summed E-state index contributed by atoms with van der Waals surface area (Å²) >= 11 is 3.29. The first-order valence-electron chi connectivity index (χ1n) is 5.60. The van der Waals surface area contributed by atoms with Crippen molar-refractivity contribution in [2.45, 2.75) is 25.7 Å². The van der Waals surface area contributed by atoms with Gasteiger partial charge in [0.15, 0.2) is 0 Å². The molecule has 0 saturated heterocycles. The highest BCUT2D eigenvalue weighted by molar-refractivity contribution is 9.09. The van der Waals surface area contributed by atoms with Crippen LogP contribution in [0.3, 0.4) is 0 Å². The van der Waals surface area contributed by atoms with Crippen LogP contribution in [-0.2, 0) is 10.0 Å². The van der Waals surface area contributed by atoms with Gasteiger partial charge in [0.25, 0.3) is 0 Å². The second kappa shape index (κ2) is 6.12. The SMILES string of the molecule is Cc1cc(F)cc(C)c1S(=O)(=O)NCC(C)CBr. The molecule has 1 aromatic carbocycles. The second-order valence-electron chi connectivity index (χ2n) is 4.48. The first kappa shape index (κ1) is 15.6. The summed E-state index contributed by atoms with van der Waals surface area (Å²) in [6.45, 7) is 5.47. The molecule has 0 bridgehead atoms. The maximum atomic E-state index is 13.1. The van der Waals surface area contributed by atoms with Gasteiger partial charge in [0, 0.05) is 11.9 Å². The van der Waals surface area contributed by atoms with Gasteiger partial charge >= 0.3 is 0 Å². The zero-order valence-electron chi connectivity index (χ0n) is 10.6. The monoisotopic (exact) mass is 337 g/mol. The lowest BCUT2D eigenvalue weighted by atomic mass is 10.1. The van der Waals surface area contributed by atoms with Crippen LogP contribution in [0.4, 0.5) is 4.39 Å². The van der Waals surface area contributed by atoms with Gasteiger partial charge in [0.2, 0.25) is 10.0 Å². The zero-order valence-corrected chi connectivity index (χ0v) is 13.0. The number of halogens is 2. The third kappa shape index (κ3) is 3.76. The summed E-state index contributed by atoms with van der Waals surface area (Å²) in [6, 6.07) is 2.46. The molecule has 0 saturated carbocycles. The minimum absolute atomic E-state index is 0.172. The fourth-order valence-electron chi connectivity index (χ4n) is 1.70. The number of alkyl halides is 1. The number of hydrogen-bond acceptors (Lipinski definition) is 2. The topological polar surface area (TPSA) is 46.2 Å². The first-order valence-corrected chi connectivity index (χ1v) is 8.20. The van der Waals surface area contributed by atoms with E-state index in [1.165, 1.54) is 12.1 Å². The van der Waals surface area contributed by atoms with Crippen LogP contribution in [0.1, 0.15) is 18.1 Å². The summed E-state index contributed by atoms with van der Waals surface area (Å²) < 4.78 is 40.0. The molecule has 0 aliphatic carbocycles. The molecule has 0 radical (unpaired) electrons. The van der Waals surface area contributed by atoms with Gasteiger partial charge in [-0.2, -0.15) is 0 Å². The fourth-order valence-corrected chi connectivity index (χ4v) is 3.54. The Balaban J connectivity index is 3.06. The van der Waals surface area contributed by atoms with Crippen molar-refractivity contribution in [1.82, 2.24) is 4.72 Å². The molecule has 0 aliphatic rings. The van der Waals surface area contributed by atoms with E-state index in [2.05, 4.69) is 20.7 Å². The van der Waals surface area contributed by atoms with Gasteiger partial charge in [-0.15, -0.1) is 0 Å². The van der Waals surface area contributed by atoms with Crippen molar-refractivity contribution < 1.29 is 12.8 Å². The van der Waals surface area contributed by atoms with Crippen LogP contribution in [-0.4, -0.2) is 20.3 Å². The number of benzene rings is 1. The smallest absolute Gasteiger partial charge is 0.211 e. The minimum atomic E-state index is -3.58. The van der Waals surface area contributed by atoms with E-state index < -0.39 is 15.8 Å². The number of hydrogen-bond donors (Lipinski definition) is 1. The lowest BCUT2D eigenvalue weighted by Crippen LogP contribution is -2.30. The van der Waals surface area contributed by atoms with E-state index in [1.54, 1.807) is 13.8 Å². The molecule has 0 amide bonds. The highest BCUT2D eigenvalue weighted by Gasteiger charge is 2.20. The molecule has 0 fully saturated rings. The zero-order chi connectivity index (χ0) is 13.9. The van der Waals surface area contributed by atoms with E-state index in [4.69, 9.17) is 0 Å². The Morgan fingerprint density at radius 2 is 1.83 bits per heavy atom. The molecule has 102 valence electrons. The van der Waals surface area contributed by atoms with E-state index >= 15 is 0 Å². The van der Waals surface area contributed by atoms with E-state index in [9.17, 15) is 12.8 Å². The molecule has 0 aromatic heterocycles. The highest BCUT2D eigenvalue weighted by Crippen LogP contribution is 2.21. The van der Waals surface area contributed by atoms with Crippen LogP contribution in [0.25, 0.3) is 0 Å². The van der Waals surface area contributed by atoms with Gasteiger partial charge in [0.1, 0.15) is 5.82 Å². The van der Waals surface area contributed by atoms with Gasteiger partial charge in [0.05, 0.1) is 4.90 Å². The molecule has 1 atom stereocenters. The lowest BCUT2D eigenvalue weighted by Gasteiger charge is -2.14. The molecule has 1 N–H and O–H groups in total. The van der Waals surface area contributed by atoms with Gasteiger partial charge in [-0.05, 0) is 43.0 Å². The molecule has 3 nitrogen and oxygen atoms in total. The summed E-state index contributed by atoms with van der Waals surface area (Å²) in [5, 5.41) is 0.719. The van der Waals surface area contributed by atoms with Crippen molar-refractivity contribution in [3.05, 3.63) is 29.1 Å². The van der Waals surface area contributed by atoms with Crippen molar-refractivity contribution in [1.29, 1.82) is 0 Å². The number of rotatable bonds is 5. The fraction of sp³-hybridized carbons (Fsp3) is 0.500. The van der Waals surface area contributed by atoms with E-state index in [-0.39, 0.29) is 10.8 Å². The second-order valence-corrected chi connectivity index (χ2v) is 6.83. The van der Waals surface area contributed by atoms with E-state index in [0.717, 1.165) is 5.33 Å².